The second-order valence-corrected chi connectivity index (χ2v) is 12.7. The number of benzene rings is 1. The highest BCUT2D eigenvalue weighted by atomic mass is 16.4. The Hall–Kier alpha value is -5.67. The second kappa shape index (κ2) is 24.6. The Morgan fingerprint density at radius 2 is 1.20 bits per heavy atom. The molecule has 1 aromatic rings. The molecule has 7 atom stereocenters. The predicted octanol–water partition coefficient (Wildman–Crippen LogP) is -4.30. The number of rotatable bonds is 26. The van der Waals surface area contributed by atoms with Crippen LogP contribution in [-0.4, -0.2) is 125 Å². The first-order chi connectivity index (χ1) is 26.0. The van der Waals surface area contributed by atoms with E-state index >= 15 is 0 Å². The summed E-state index contributed by atoms with van der Waals surface area (Å²) in [6.45, 7) is 2.04. The molecule has 21 heteroatoms. The smallest absolute Gasteiger partial charge is 0.328 e. The van der Waals surface area contributed by atoms with Crippen LogP contribution in [0.3, 0.4) is 0 Å². The summed E-state index contributed by atoms with van der Waals surface area (Å²) in [5.41, 5.74) is 17.0. The number of nitrogens with one attached hydrogen (secondary N) is 6. The van der Waals surface area contributed by atoms with E-state index in [2.05, 4.69) is 26.6 Å². The van der Waals surface area contributed by atoms with Crippen LogP contribution in [0.4, 0.5) is 0 Å². The van der Waals surface area contributed by atoms with Crippen LogP contribution in [0, 0.1) is 5.92 Å². The number of carboxylic acid groups (broad SMARTS) is 2. The molecule has 15 N–H and O–H groups in total. The minimum Gasteiger partial charge on any atom is -0.481 e. The van der Waals surface area contributed by atoms with Gasteiger partial charge >= 0.3 is 11.9 Å². The van der Waals surface area contributed by atoms with Crippen molar-refractivity contribution in [2.45, 2.75) is 95.0 Å². The molecule has 0 spiro atoms. The van der Waals surface area contributed by atoms with E-state index in [0.29, 0.717) is 18.4 Å². The van der Waals surface area contributed by atoms with E-state index in [-0.39, 0.29) is 25.8 Å². The topological polar surface area (TPSA) is 365 Å². The molecule has 0 saturated heterocycles. The average molecular weight is 780 g/mol. The molecular formula is C34H53N9O12. The summed E-state index contributed by atoms with van der Waals surface area (Å²) >= 11 is 0. The van der Waals surface area contributed by atoms with E-state index in [1.165, 1.54) is 0 Å². The van der Waals surface area contributed by atoms with Gasteiger partial charge in [-0.3, -0.25) is 38.4 Å². The van der Waals surface area contributed by atoms with Gasteiger partial charge in [0.05, 0.1) is 26.0 Å². The van der Waals surface area contributed by atoms with Crippen molar-refractivity contribution in [1.82, 2.24) is 31.9 Å². The van der Waals surface area contributed by atoms with Gasteiger partial charge in [0.2, 0.25) is 41.4 Å². The van der Waals surface area contributed by atoms with Crippen molar-refractivity contribution < 1.29 is 58.5 Å². The van der Waals surface area contributed by atoms with E-state index < -0.39 is 121 Å². The van der Waals surface area contributed by atoms with Crippen molar-refractivity contribution in [3.05, 3.63) is 35.9 Å². The summed E-state index contributed by atoms with van der Waals surface area (Å²) in [7, 11) is 0. The standard InChI is InChI=1S/C34H53N9O12/c1-3-18(2)28(43-32(52)22(14-25(37)45)40-30(50)21(38-26(46)16-36)13-19-9-5-4-6-10-19)33(53)39-20(11-7-8-12-35)29(49)41-23(15-27(47)48)31(51)42-24(17-44)34(54)55/h4-6,9-10,18,20-24,28,44H,3,7-8,11-17,35-36H2,1-2H3,(H2,37,45)(H,38,46)(H,39,53)(H,40,50)(H,41,49)(H,42,51)(H,43,52)(H,47,48)(H,54,55)/t18-,20-,21-,22-,23-,24-,28-/m0/s1. The SMILES string of the molecule is CC[C@H](C)[C@H](NC(=O)[C@H](CC(N)=O)NC(=O)[C@H](Cc1ccccc1)NC(=O)CN)C(=O)N[C@@H](CCCCN)C(=O)N[C@@H](CC(=O)O)C(=O)N[C@@H](CO)C(=O)O. The molecule has 0 heterocycles. The molecule has 7 amide bonds. The highest BCUT2D eigenvalue weighted by Gasteiger charge is 2.35. The number of carboxylic acids is 2. The van der Waals surface area contributed by atoms with Gasteiger partial charge in [-0.2, -0.15) is 0 Å². The summed E-state index contributed by atoms with van der Waals surface area (Å²) in [4.78, 5) is 114. The number of unbranched alkanes of at least 4 members (excludes halogenated alkanes) is 1. The van der Waals surface area contributed by atoms with E-state index in [1.54, 1.807) is 44.2 Å². The van der Waals surface area contributed by atoms with Gasteiger partial charge in [-0.25, -0.2) is 4.79 Å². The lowest BCUT2D eigenvalue weighted by Crippen LogP contribution is -2.61. The van der Waals surface area contributed by atoms with Gasteiger partial charge in [0.25, 0.3) is 0 Å². The van der Waals surface area contributed by atoms with E-state index in [9.17, 15) is 53.4 Å². The van der Waals surface area contributed by atoms with Crippen LogP contribution in [0.2, 0.25) is 0 Å². The first kappa shape index (κ1) is 47.4. The average Bonchev–Trinajstić information content (AvgIpc) is 3.13. The van der Waals surface area contributed by atoms with Crippen LogP contribution in [0.5, 0.6) is 0 Å². The summed E-state index contributed by atoms with van der Waals surface area (Å²) in [6, 6.07) is -0.703. The monoisotopic (exact) mass is 779 g/mol. The Kier molecular flexibility index (Phi) is 21.2. The Bertz CT molecular complexity index is 1500. The van der Waals surface area contributed by atoms with Gasteiger partial charge in [-0.1, -0.05) is 50.6 Å². The van der Waals surface area contributed by atoms with Gasteiger partial charge < -0.3 is 64.4 Å². The maximum absolute atomic E-state index is 13.8. The Labute approximate surface area is 317 Å². The van der Waals surface area contributed by atoms with Crippen LogP contribution in [0.1, 0.15) is 57.9 Å². The van der Waals surface area contributed by atoms with E-state index in [1.807, 2.05) is 5.32 Å². The Morgan fingerprint density at radius 3 is 1.71 bits per heavy atom. The van der Waals surface area contributed by atoms with Crippen molar-refractivity contribution >= 4 is 53.3 Å². The third-order valence-electron chi connectivity index (χ3n) is 8.34. The lowest BCUT2D eigenvalue weighted by atomic mass is 9.96. The minimum atomic E-state index is -1.82. The van der Waals surface area contributed by atoms with E-state index in [0.717, 1.165) is 0 Å². The fourth-order valence-electron chi connectivity index (χ4n) is 5.09. The molecule has 21 nitrogen and oxygen atoms in total. The number of aliphatic carboxylic acids is 2. The molecule has 0 aromatic heterocycles. The number of amides is 7. The zero-order valence-electron chi connectivity index (χ0n) is 30.7. The fraction of sp³-hybridized carbons (Fsp3) is 0.559. The molecule has 306 valence electrons. The molecule has 1 aromatic carbocycles. The number of carbonyl (C=O) groups excluding carboxylic acids is 7. The molecular weight excluding hydrogens is 726 g/mol. The summed E-state index contributed by atoms with van der Waals surface area (Å²) in [5.74, 6) is -10.5. The number of hydrogen-bond acceptors (Lipinski definition) is 12. The van der Waals surface area contributed by atoms with Crippen LogP contribution >= 0.6 is 0 Å². The zero-order chi connectivity index (χ0) is 41.7. The summed E-state index contributed by atoms with van der Waals surface area (Å²) in [6.07, 6.45) is -0.795. The summed E-state index contributed by atoms with van der Waals surface area (Å²) in [5, 5.41) is 41.8. The third kappa shape index (κ3) is 17.3. The minimum absolute atomic E-state index is 0.00854. The lowest BCUT2D eigenvalue weighted by molar-refractivity contribution is -0.144. The molecule has 0 unspecified atom stereocenters. The molecule has 0 aliphatic carbocycles. The number of aliphatic hydroxyl groups is 1. The number of hydrogen-bond donors (Lipinski definition) is 12. The van der Waals surface area contributed by atoms with Crippen LogP contribution in [0.25, 0.3) is 0 Å². The maximum atomic E-state index is 13.8. The largest absolute Gasteiger partial charge is 0.481 e. The molecule has 0 aliphatic heterocycles. The second-order valence-electron chi connectivity index (χ2n) is 12.7. The van der Waals surface area contributed by atoms with Gasteiger partial charge in [-0.15, -0.1) is 0 Å². The van der Waals surface area contributed by atoms with Crippen molar-refractivity contribution in [3.63, 3.8) is 0 Å². The highest BCUT2D eigenvalue weighted by Crippen LogP contribution is 2.12. The molecule has 0 saturated carbocycles. The van der Waals surface area contributed by atoms with Crippen molar-refractivity contribution in [1.29, 1.82) is 0 Å². The van der Waals surface area contributed by atoms with Crippen LogP contribution in [0.15, 0.2) is 30.3 Å². The van der Waals surface area contributed by atoms with Crippen LogP contribution in [-0.2, 0) is 49.6 Å². The van der Waals surface area contributed by atoms with Crippen molar-refractivity contribution in [3.8, 4) is 0 Å². The molecule has 55 heavy (non-hydrogen) atoms. The number of aliphatic hydroxyl groups excluding tert-OH is 1. The molecule has 1 rings (SSSR count). The normalized spacial score (nSPS) is 14.6. The van der Waals surface area contributed by atoms with Gasteiger partial charge in [0.15, 0.2) is 0 Å². The van der Waals surface area contributed by atoms with Crippen molar-refractivity contribution in [2.24, 2.45) is 23.1 Å². The van der Waals surface area contributed by atoms with Crippen LogP contribution < -0.4 is 49.1 Å². The predicted molar refractivity (Wildman–Crippen MR) is 194 cm³/mol. The molecule has 0 radical (unpaired) electrons. The fourth-order valence-corrected chi connectivity index (χ4v) is 5.09. The first-order valence-corrected chi connectivity index (χ1v) is 17.6. The zero-order valence-corrected chi connectivity index (χ0v) is 30.7. The van der Waals surface area contributed by atoms with E-state index in [4.69, 9.17) is 22.3 Å². The number of primary amides is 1. The Morgan fingerprint density at radius 1 is 0.673 bits per heavy atom. The highest BCUT2D eigenvalue weighted by molar-refractivity contribution is 5.98. The Balaban J connectivity index is 3.35. The molecule has 0 fully saturated rings. The number of nitrogens with two attached hydrogens (primary N) is 3. The first-order valence-electron chi connectivity index (χ1n) is 17.6. The maximum Gasteiger partial charge on any atom is 0.328 e. The van der Waals surface area contributed by atoms with Gasteiger partial charge in [-0.05, 0) is 37.3 Å². The van der Waals surface area contributed by atoms with Gasteiger partial charge in [0, 0.05) is 6.42 Å². The van der Waals surface area contributed by atoms with Gasteiger partial charge in [0.1, 0.15) is 36.3 Å². The molecule has 0 bridgehead atoms. The van der Waals surface area contributed by atoms with Crippen molar-refractivity contribution in [2.75, 3.05) is 19.7 Å². The third-order valence-corrected chi connectivity index (χ3v) is 8.34. The lowest BCUT2D eigenvalue weighted by Gasteiger charge is -2.29. The summed E-state index contributed by atoms with van der Waals surface area (Å²) < 4.78 is 0. The quantitative estimate of drug-likeness (QED) is 0.0396. The number of carbonyl (C=O) groups is 9. The molecule has 0 aliphatic rings.